The van der Waals surface area contributed by atoms with Crippen molar-refractivity contribution in [3.8, 4) is 0 Å². The van der Waals surface area contributed by atoms with Crippen LogP contribution in [0.25, 0.3) is 22.1 Å². The smallest absolute Gasteiger partial charge is 0.332 e. The number of carbonyl (C=O) groups excluding carboxylic acids is 2. The Hall–Kier alpha value is -4.14. The van der Waals surface area contributed by atoms with Gasteiger partial charge in [-0.3, -0.25) is 19.0 Å². The SMILES string of the molecule is O=C(Cn1c(=O)n(CC(=O)NC2CC2)c(=O)c2oc3ccccc3c21)Nc1ccccc1. The van der Waals surface area contributed by atoms with E-state index in [1.54, 1.807) is 48.5 Å². The molecule has 2 amide bonds. The maximum absolute atomic E-state index is 13.3. The average Bonchev–Trinajstić information content (AvgIpc) is 3.51. The number of hydrogen-bond donors (Lipinski definition) is 2. The molecule has 2 heterocycles. The summed E-state index contributed by atoms with van der Waals surface area (Å²) in [5.41, 5.74) is -0.294. The van der Waals surface area contributed by atoms with Gasteiger partial charge >= 0.3 is 5.69 Å². The van der Waals surface area contributed by atoms with E-state index in [9.17, 15) is 19.2 Å². The van der Waals surface area contributed by atoms with Crippen molar-refractivity contribution in [3.05, 3.63) is 75.4 Å². The maximum atomic E-state index is 13.3. The highest BCUT2D eigenvalue weighted by atomic mass is 16.3. The van der Waals surface area contributed by atoms with E-state index in [0.29, 0.717) is 16.7 Å². The molecule has 1 aliphatic carbocycles. The Morgan fingerprint density at radius 1 is 0.906 bits per heavy atom. The lowest BCUT2D eigenvalue weighted by Gasteiger charge is -2.12. The Bertz CT molecular complexity index is 1460. The summed E-state index contributed by atoms with van der Waals surface area (Å²) in [6, 6.07) is 15.8. The number of amides is 2. The molecule has 0 saturated heterocycles. The third-order valence-corrected chi connectivity index (χ3v) is 5.34. The summed E-state index contributed by atoms with van der Waals surface area (Å²) in [7, 11) is 0. The van der Waals surface area contributed by atoms with E-state index < -0.39 is 29.6 Å². The Kier molecular flexibility index (Phi) is 4.85. The van der Waals surface area contributed by atoms with E-state index in [-0.39, 0.29) is 23.7 Å². The van der Waals surface area contributed by atoms with E-state index in [2.05, 4.69) is 10.6 Å². The molecule has 2 N–H and O–H groups in total. The molecule has 32 heavy (non-hydrogen) atoms. The summed E-state index contributed by atoms with van der Waals surface area (Å²) >= 11 is 0. The summed E-state index contributed by atoms with van der Waals surface area (Å²) in [5, 5.41) is 6.04. The largest absolute Gasteiger partial charge is 0.449 e. The molecule has 0 spiro atoms. The third-order valence-electron chi connectivity index (χ3n) is 5.34. The minimum Gasteiger partial charge on any atom is -0.449 e. The monoisotopic (exact) mass is 432 g/mol. The topological polar surface area (TPSA) is 115 Å². The zero-order valence-electron chi connectivity index (χ0n) is 17.0. The summed E-state index contributed by atoms with van der Waals surface area (Å²) in [6.45, 7) is -0.792. The molecular formula is C23H20N4O5. The fraction of sp³-hybridized carbons (Fsp3) is 0.217. The van der Waals surface area contributed by atoms with Crippen molar-refractivity contribution < 1.29 is 14.0 Å². The quantitative estimate of drug-likeness (QED) is 0.482. The van der Waals surface area contributed by atoms with Crippen molar-refractivity contribution in [1.82, 2.24) is 14.5 Å². The first-order chi connectivity index (χ1) is 15.5. The molecule has 0 unspecified atom stereocenters. The molecule has 4 aromatic rings. The molecule has 0 atom stereocenters. The van der Waals surface area contributed by atoms with Crippen LogP contribution in [0.3, 0.4) is 0 Å². The molecule has 9 nitrogen and oxygen atoms in total. The molecule has 1 aliphatic rings. The molecule has 1 fully saturated rings. The maximum Gasteiger partial charge on any atom is 0.332 e. The number of hydrogen-bond acceptors (Lipinski definition) is 5. The van der Waals surface area contributed by atoms with Crippen LogP contribution < -0.4 is 21.9 Å². The van der Waals surface area contributed by atoms with Gasteiger partial charge in [0.15, 0.2) is 0 Å². The number of furan rings is 1. The predicted molar refractivity (Wildman–Crippen MR) is 118 cm³/mol. The second-order valence-corrected chi connectivity index (χ2v) is 7.79. The van der Waals surface area contributed by atoms with Gasteiger partial charge in [-0.25, -0.2) is 9.36 Å². The first-order valence-electron chi connectivity index (χ1n) is 10.3. The van der Waals surface area contributed by atoms with Crippen LogP contribution in [0.15, 0.2) is 68.6 Å². The minimum atomic E-state index is -0.747. The van der Waals surface area contributed by atoms with Crippen LogP contribution >= 0.6 is 0 Å². The molecule has 1 saturated carbocycles. The van der Waals surface area contributed by atoms with Gasteiger partial charge in [0, 0.05) is 17.1 Å². The van der Waals surface area contributed by atoms with Gasteiger partial charge in [0.2, 0.25) is 17.4 Å². The highest BCUT2D eigenvalue weighted by Crippen LogP contribution is 2.25. The van der Waals surface area contributed by atoms with Crippen LogP contribution in [0.1, 0.15) is 12.8 Å². The van der Waals surface area contributed by atoms with Gasteiger partial charge in [-0.1, -0.05) is 30.3 Å². The van der Waals surface area contributed by atoms with Gasteiger partial charge in [0.05, 0.1) is 0 Å². The van der Waals surface area contributed by atoms with Crippen LogP contribution in [0.4, 0.5) is 5.69 Å². The number of nitrogens with zero attached hydrogens (tertiary/aromatic N) is 2. The van der Waals surface area contributed by atoms with Crippen molar-refractivity contribution in [1.29, 1.82) is 0 Å². The lowest BCUT2D eigenvalue weighted by molar-refractivity contribution is -0.121. The Balaban J connectivity index is 1.61. The predicted octanol–water partition coefficient (Wildman–Crippen LogP) is 1.83. The molecule has 2 aromatic heterocycles. The summed E-state index contributed by atoms with van der Waals surface area (Å²) < 4.78 is 7.74. The number of fused-ring (bicyclic) bond motifs is 3. The highest BCUT2D eigenvalue weighted by molar-refractivity contribution is 6.03. The van der Waals surface area contributed by atoms with Crippen LogP contribution in [0.2, 0.25) is 0 Å². The summed E-state index contributed by atoms with van der Waals surface area (Å²) in [6.07, 6.45) is 1.76. The van der Waals surface area contributed by atoms with Gasteiger partial charge in [-0.05, 0) is 37.1 Å². The number of aromatic nitrogens is 2. The van der Waals surface area contributed by atoms with E-state index >= 15 is 0 Å². The van der Waals surface area contributed by atoms with E-state index in [1.807, 2.05) is 6.07 Å². The fourth-order valence-corrected chi connectivity index (χ4v) is 3.69. The molecular weight excluding hydrogens is 412 g/mol. The Labute approximate surface area is 181 Å². The van der Waals surface area contributed by atoms with E-state index in [4.69, 9.17) is 4.42 Å². The molecule has 0 radical (unpaired) electrons. The molecule has 0 bridgehead atoms. The van der Waals surface area contributed by atoms with Gasteiger partial charge < -0.3 is 15.1 Å². The zero-order valence-corrected chi connectivity index (χ0v) is 17.0. The Morgan fingerprint density at radius 2 is 1.59 bits per heavy atom. The van der Waals surface area contributed by atoms with Gasteiger partial charge in [0.25, 0.3) is 5.56 Å². The summed E-state index contributed by atoms with van der Waals surface area (Å²) in [5.74, 6) is -0.875. The number of benzene rings is 2. The highest BCUT2D eigenvalue weighted by Gasteiger charge is 2.26. The zero-order chi connectivity index (χ0) is 22.2. The lowest BCUT2D eigenvalue weighted by atomic mass is 10.2. The lowest BCUT2D eigenvalue weighted by Crippen LogP contribution is -2.45. The van der Waals surface area contributed by atoms with Crippen LogP contribution in [-0.4, -0.2) is 27.0 Å². The number of para-hydroxylation sites is 2. The molecule has 5 rings (SSSR count). The number of anilines is 1. The summed E-state index contributed by atoms with van der Waals surface area (Å²) in [4.78, 5) is 51.4. The molecule has 2 aromatic carbocycles. The molecule has 9 heteroatoms. The minimum absolute atomic E-state index is 0.0717. The van der Waals surface area contributed by atoms with E-state index in [1.165, 1.54) is 4.57 Å². The van der Waals surface area contributed by atoms with Crippen LogP contribution in [-0.2, 0) is 22.7 Å². The second kappa shape index (κ2) is 7.84. The number of carbonyl (C=O) groups is 2. The number of rotatable bonds is 6. The van der Waals surface area contributed by atoms with Crippen molar-refractivity contribution in [2.75, 3.05) is 5.32 Å². The van der Waals surface area contributed by atoms with Crippen LogP contribution in [0, 0.1) is 0 Å². The van der Waals surface area contributed by atoms with E-state index in [0.717, 1.165) is 17.4 Å². The fourth-order valence-electron chi connectivity index (χ4n) is 3.69. The average molecular weight is 432 g/mol. The van der Waals surface area contributed by atoms with Crippen molar-refractivity contribution in [3.63, 3.8) is 0 Å². The van der Waals surface area contributed by atoms with Gasteiger partial charge in [-0.15, -0.1) is 0 Å². The second-order valence-electron chi connectivity index (χ2n) is 7.79. The number of nitrogens with one attached hydrogen (secondary N) is 2. The first kappa shape index (κ1) is 19.8. The van der Waals surface area contributed by atoms with Crippen LogP contribution in [0.5, 0.6) is 0 Å². The Morgan fingerprint density at radius 3 is 2.34 bits per heavy atom. The standard InChI is InChI=1S/C23H20N4O5/c28-18(24-14-6-2-1-3-7-14)12-26-20-16-8-4-5-9-17(16)32-21(20)22(30)27(23(26)31)13-19(29)25-15-10-11-15/h1-9,15H,10-13H2,(H,24,28)(H,25,29). The first-order valence-corrected chi connectivity index (χ1v) is 10.3. The van der Waals surface area contributed by atoms with Crippen molar-refractivity contribution in [2.24, 2.45) is 0 Å². The van der Waals surface area contributed by atoms with Crippen molar-refractivity contribution in [2.45, 2.75) is 32.0 Å². The van der Waals surface area contributed by atoms with Gasteiger partial charge in [0.1, 0.15) is 24.2 Å². The molecule has 0 aliphatic heterocycles. The third kappa shape index (κ3) is 3.68. The van der Waals surface area contributed by atoms with Gasteiger partial charge in [-0.2, -0.15) is 0 Å². The van der Waals surface area contributed by atoms with Crippen molar-refractivity contribution >= 4 is 39.6 Å². The normalized spacial score (nSPS) is 13.4. The molecule has 162 valence electrons.